The highest BCUT2D eigenvalue weighted by Crippen LogP contribution is 2.35. The molecule has 1 aromatic carbocycles. The topological polar surface area (TPSA) is 58.1 Å². The van der Waals surface area contributed by atoms with Crippen LogP contribution < -0.4 is 15.4 Å². The van der Waals surface area contributed by atoms with Gasteiger partial charge in [-0.1, -0.05) is 12.1 Å². The summed E-state index contributed by atoms with van der Waals surface area (Å²) in [5.41, 5.74) is -0.768. The first kappa shape index (κ1) is 21.3. The van der Waals surface area contributed by atoms with E-state index in [-0.39, 0.29) is 12.4 Å². The summed E-state index contributed by atoms with van der Waals surface area (Å²) in [6.07, 6.45) is -4.43. The molecule has 1 saturated heterocycles. The van der Waals surface area contributed by atoms with E-state index in [4.69, 9.17) is 9.47 Å². The molecule has 152 valence electrons. The van der Waals surface area contributed by atoms with Crippen LogP contribution in [0.2, 0.25) is 0 Å². The first-order valence-corrected chi connectivity index (χ1v) is 9.12. The van der Waals surface area contributed by atoms with Crippen molar-refractivity contribution in [1.29, 1.82) is 0 Å². The number of halogens is 3. The van der Waals surface area contributed by atoms with Gasteiger partial charge < -0.3 is 20.1 Å². The number of nitrogens with one attached hydrogen (secondary N) is 2. The van der Waals surface area contributed by atoms with Gasteiger partial charge in [0.05, 0.1) is 31.9 Å². The summed E-state index contributed by atoms with van der Waals surface area (Å²) < 4.78 is 49.4. The summed E-state index contributed by atoms with van der Waals surface area (Å²) >= 11 is 0. The quantitative estimate of drug-likeness (QED) is 0.405. The molecule has 0 bridgehead atoms. The van der Waals surface area contributed by atoms with Crippen LogP contribution in [0, 0.1) is 0 Å². The highest BCUT2D eigenvalue weighted by Gasteiger charge is 2.33. The summed E-state index contributed by atoms with van der Waals surface area (Å²) in [6.45, 7) is 7.88. The minimum absolute atomic E-state index is 0.0982. The maximum atomic E-state index is 12.9. The molecule has 6 nitrogen and oxygen atoms in total. The molecular weight excluding hydrogens is 361 g/mol. The fourth-order valence-corrected chi connectivity index (χ4v) is 2.63. The maximum absolute atomic E-state index is 12.9. The van der Waals surface area contributed by atoms with Crippen molar-refractivity contribution < 1.29 is 22.6 Å². The van der Waals surface area contributed by atoms with Crippen LogP contribution in [0.5, 0.6) is 5.75 Å². The predicted octanol–water partition coefficient (Wildman–Crippen LogP) is 1.97. The second-order valence-electron chi connectivity index (χ2n) is 5.98. The predicted molar refractivity (Wildman–Crippen MR) is 98.2 cm³/mol. The zero-order valence-corrected chi connectivity index (χ0v) is 15.5. The van der Waals surface area contributed by atoms with Crippen molar-refractivity contribution in [3.05, 3.63) is 29.8 Å². The Hall–Kier alpha value is -2.00. The lowest BCUT2D eigenvalue weighted by Gasteiger charge is -2.25. The molecule has 0 spiro atoms. The Morgan fingerprint density at radius 2 is 1.96 bits per heavy atom. The van der Waals surface area contributed by atoms with Crippen LogP contribution in [0.4, 0.5) is 13.2 Å². The summed E-state index contributed by atoms with van der Waals surface area (Å²) in [6, 6.07) is 5.21. The lowest BCUT2D eigenvalue weighted by Crippen LogP contribution is -2.41. The van der Waals surface area contributed by atoms with Gasteiger partial charge in [0.15, 0.2) is 5.96 Å². The number of nitrogens with zero attached hydrogens (tertiary/aromatic N) is 2. The van der Waals surface area contributed by atoms with E-state index in [9.17, 15) is 13.2 Å². The summed E-state index contributed by atoms with van der Waals surface area (Å²) in [7, 11) is 0. The van der Waals surface area contributed by atoms with Crippen LogP contribution in [-0.4, -0.2) is 69.9 Å². The van der Waals surface area contributed by atoms with Crippen molar-refractivity contribution >= 4 is 5.96 Å². The van der Waals surface area contributed by atoms with Gasteiger partial charge in [-0.05, 0) is 19.1 Å². The van der Waals surface area contributed by atoms with Gasteiger partial charge in [-0.3, -0.25) is 9.89 Å². The molecule has 0 aromatic heterocycles. The number of hydrogen-bond donors (Lipinski definition) is 2. The van der Waals surface area contributed by atoms with Crippen LogP contribution in [0.1, 0.15) is 12.5 Å². The van der Waals surface area contributed by atoms with Crippen molar-refractivity contribution in [3.8, 4) is 5.75 Å². The van der Waals surface area contributed by atoms with Crippen molar-refractivity contribution in [3.63, 3.8) is 0 Å². The summed E-state index contributed by atoms with van der Waals surface area (Å²) in [5.74, 6) is 0.458. The van der Waals surface area contributed by atoms with Gasteiger partial charge in [0, 0.05) is 26.2 Å². The van der Waals surface area contributed by atoms with Gasteiger partial charge in [-0.15, -0.1) is 0 Å². The van der Waals surface area contributed by atoms with Crippen molar-refractivity contribution in [2.24, 2.45) is 4.99 Å². The van der Waals surface area contributed by atoms with Crippen LogP contribution in [0.25, 0.3) is 0 Å². The number of para-hydroxylation sites is 1. The van der Waals surface area contributed by atoms with Crippen molar-refractivity contribution in [2.75, 3.05) is 59.1 Å². The average Bonchev–Trinajstić information content (AvgIpc) is 2.65. The summed E-state index contributed by atoms with van der Waals surface area (Å²) in [4.78, 5) is 6.77. The van der Waals surface area contributed by atoms with Gasteiger partial charge in [-0.25, -0.2) is 0 Å². The van der Waals surface area contributed by atoms with Gasteiger partial charge in [0.2, 0.25) is 0 Å². The number of alkyl halides is 3. The third-order valence-corrected chi connectivity index (χ3v) is 3.98. The van der Waals surface area contributed by atoms with E-state index in [2.05, 4.69) is 20.5 Å². The first-order chi connectivity index (χ1) is 13.0. The summed E-state index contributed by atoms with van der Waals surface area (Å²) in [5, 5.41) is 6.19. The number of rotatable bonds is 8. The smallest absolute Gasteiger partial charge is 0.419 e. The van der Waals surface area contributed by atoms with Gasteiger partial charge in [-0.2, -0.15) is 13.2 Å². The molecule has 0 radical (unpaired) electrons. The third-order valence-electron chi connectivity index (χ3n) is 3.98. The second kappa shape index (κ2) is 11.0. The number of guanidine groups is 1. The molecule has 0 atom stereocenters. The van der Waals surface area contributed by atoms with E-state index in [0.717, 1.165) is 38.9 Å². The van der Waals surface area contributed by atoms with Crippen molar-refractivity contribution in [2.45, 2.75) is 13.1 Å². The monoisotopic (exact) mass is 388 g/mol. The number of hydrogen-bond acceptors (Lipinski definition) is 4. The van der Waals surface area contributed by atoms with Crippen LogP contribution in [0.3, 0.4) is 0 Å². The molecule has 2 rings (SSSR count). The van der Waals surface area contributed by atoms with E-state index in [1.54, 1.807) is 0 Å². The van der Waals surface area contributed by atoms with Gasteiger partial charge in [0.25, 0.3) is 0 Å². The molecule has 2 N–H and O–H groups in total. The minimum Gasteiger partial charge on any atom is -0.491 e. The molecule has 1 heterocycles. The largest absolute Gasteiger partial charge is 0.491 e. The molecule has 0 saturated carbocycles. The Morgan fingerprint density at radius 3 is 2.67 bits per heavy atom. The maximum Gasteiger partial charge on any atom is 0.419 e. The molecule has 0 unspecified atom stereocenters. The van der Waals surface area contributed by atoms with Crippen LogP contribution >= 0.6 is 0 Å². The Bertz CT molecular complexity index is 590. The fourth-order valence-electron chi connectivity index (χ4n) is 2.63. The normalized spacial score (nSPS) is 16.2. The van der Waals surface area contributed by atoms with Crippen LogP contribution in [0.15, 0.2) is 29.3 Å². The lowest BCUT2D eigenvalue weighted by atomic mass is 10.2. The standard InChI is InChI=1S/C18H27F3N4O2/c1-2-22-17(23-7-9-25-10-13-26-14-11-25)24-8-12-27-16-6-4-3-5-15(16)18(19,20)21/h3-6H,2,7-14H2,1H3,(H2,22,23,24). The average molecular weight is 388 g/mol. The Kier molecular flexibility index (Phi) is 8.66. The van der Waals surface area contributed by atoms with Gasteiger partial charge >= 0.3 is 6.18 Å². The SMILES string of the molecule is CCNC(=NCCN1CCOCC1)NCCOc1ccccc1C(F)(F)F. The Labute approximate surface area is 157 Å². The third kappa shape index (κ3) is 7.64. The Morgan fingerprint density at radius 1 is 1.22 bits per heavy atom. The van der Waals surface area contributed by atoms with E-state index in [1.165, 1.54) is 18.2 Å². The van der Waals surface area contributed by atoms with E-state index in [1.807, 2.05) is 6.92 Å². The lowest BCUT2D eigenvalue weighted by molar-refractivity contribution is -0.138. The number of aliphatic imine (C=N–C) groups is 1. The molecule has 1 aliphatic rings. The van der Waals surface area contributed by atoms with Crippen LogP contribution in [-0.2, 0) is 10.9 Å². The second-order valence-corrected chi connectivity index (χ2v) is 5.98. The Balaban J connectivity index is 1.76. The number of ether oxygens (including phenoxy) is 2. The molecule has 0 aliphatic carbocycles. The van der Waals surface area contributed by atoms with E-state index >= 15 is 0 Å². The van der Waals surface area contributed by atoms with Crippen molar-refractivity contribution in [1.82, 2.24) is 15.5 Å². The number of morpholine rings is 1. The minimum atomic E-state index is -4.43. The van der Waals surface area contributed by atoms with E-state index in [0.29, 0.717) is 25.6 Å². The zero-order chi connectivity index (χ0) is 19.5. The highest BCUT2D eigenvalue weighted by molar-refractivity contribution is 5.79. The highest BCUT2D eigenvalue weighted by atomic mass is 19.4. The molecule has 1 aromatic rings. The molecular formula is C18H27F3N4O2. The molecule has 0 amide bonds. The van der Waals surface area contributed by atoms with Gasteiger partial charge in [0.1, 0.15) is 12.4 Å². The molecule has 27 heavy (non-hydrogen) atoms. The molecule has 1 fully saturated rings. The number of benzene rings is 1. The first-order valence-electron chi connectivity index (χ1n) is 9.12. The fraction of sp³-hybridized carbons (Fsp3) is 0.611. The van der Waals surface area contributed by atoms with E-state index < -0.39 is 11.7 Å². The molecule has 9 heteroatoms. The molecule has 1 aliphatic heterocycles. The zero-order valence-electron chi connectivity index (χ0n) is 15.5.